The first-order chi connectivity index (χ1) is 9.13. The van der Waals surface area contributed by atoms with E-state index in [1.165, 1.54) is 11.1 Å². The Morgan fingerprint density at radius 1 is 1.37 bits per heavy atom. The van der Waals surface area contributed by atoms with Crippen LogP contribution >= 0.6 is 11.6 Å². The number of anilines is 2. The predicted molar refractivity (Wildman–Crippen MR) is 79.5 cm³/mol. The van der Waals surface area contributed by atoms with Crippen molar-refractivity contribution in [2.75, 3.05) is 11.1 Å². The number of aromatic nitrogens is 1. The number of nitrogens with one attached hydrogen (secondary N) is 1. The zero-order valence-electron chi connectivity index (χ0n) is 10.8. The minimum atomic E-state index is 0.331. The van der Waals surface area contributed by atoms with Crippen LogP contribution in [0.2, 0.25) is 5.15 Å². The fourth-order valence-electron chi connectivity index (χ4n) is 2.63. The van der Waals surface area contributed by atoms with E-state index in [4.69, 9.17) is 17.3 Å². The third-order valence-electron chi connectivity index (χ3n) is 3.60. The number of nitrogens with two attached hydrogens (primary N) is 1. The highest BCUT2D eigenvalue weighted by Gasteiger charge is 2.22. The Balaban J connectivity index is 1.84. The largest absolute Gasteiger partial charge is 0.399 e. The van der Waals surface area contributed by atoms with E-state index < -0.39 is 0 Å². The van der Waals surface area contributed by atoms with Gasteiger partial charge in [0.15, 0.2) is 0 Å². The van der Waals surface area contributed by atoms with Crippen molar-refractivity contribution in [2.24, 2.45) is 0 Å². The van der Waals surface area contributed by atoms with Crippen LogP contribution in [0.5, 0.6) is 0 Å². The van der Waals surface area contributed by atoms with Crippen molar-refractivity contribution >= 4 is 23.0 Å². The molecule has 19 heavy (non-hydrogen) atoms. The minimum Gasteiger partial charge on any atom is -0.399 e. The Labute approximate surface area is 117 Å². The summed E-state index contributed by atoms with van der Waals surface area (Å²) in [6.45, 7) is 1.96. The van der Waals surface area contributed by atoms with E-state index in [-0.39, 0.29) is 0 Å². The molecule has 0 bridgehead atoms. The quantitative estimate of drug-likeness (QED) is 0.648. The lowest BCUT2D eigenvalue weighted by Crippen LogP contribution is -2.07. The SMILES string of the molecule is Cc1cc(NC2CCc3cc(N)ccc32)cnc1Cl. The second-order valence-corrected chi connectivity index (χ2v) is 5.38. The van der Waals surface area contributed by atoms with Crippen LogP contribution in [0.15, 0.2) is 30.5 Å². The Kier molecular flexibility index (Phi) is 3.07. The van der Waals surface area contributed by atoms with Gasteiger partial charge in [-0.25, -0.2) is 4.98 Å². The summed E-state index contributed by atoms with van der Waals surface area (Å²) >= 11 is 5.94. The second kappa shape index (κ2) is 4.74. The van der Waals surface area contributed by atoms with Crippen LogP contribution in [0.1, 0.15) is 29.2 Å². The Hall–Kier alpha value is -1.74. The van der Waals surface area contributed by atoms with Crippen molar-refractivity contribution in [1.82, 2.24) is 4.98 Å². The molecule has 1 aliphatic carbocycles. The first kappa shape index (κ1) is 12.3. The molecule has 98 valence electrons. The van der Waals surface area contributed by atoms with E-state index in [1.807, 2.05) is 19.1 Å². The van der Waals surface area contributed by atoms with Crippen molar-refractivity contribution in [3.63, 3.8) is 0 Å². The summed E-state index contributed by atoms with van der Waals surface area (Å²) in [6, 6.07) is 8.51. The molecule has 2 aromatic rings. The fraction of sp³-hybridized carbons (Fsp3) is 0.267. The molecule has 1 aromatic heterocycles. The number of pyridine rings is 1. The number of halogens is 1. The summed E-state index contributed by atoms with van der Waals surface area (Å²) in [5, 5.41) is 4.08. The third-order valence-corrected chi connectivity index (χ3v) is 4.00. The van der Waals surface area contributed by atoms with E-state index in [1.54, 1.807) is 6.20 Å². The van der Waals surface area contributed by atoms with Gasteiger partial charge < -0.3 is 11.1 Å². The average molecular weight is 274 g/mol. The zero-order chi connectivity index (χ0) is 13.4. The van der Waals surface area contributed by atoms with Crippen molar-refractivity contribution in [2.45, 2.75) is 25.8 Å². The van der Waals surface area contributed by atoms with Gasteiger partial charge in [0.1, 0.15) is 5.15 Å². The summed E-state index contributed by atoms with van der Waals surface area (Å²) in [5.41, 5.74) is 11.3. The van der Waals surface area contributed by atoms with Gasteiger partial charge in [-0.15, -0.1) is 0 Å². The van der Waals surface area contributed by atoms with Crippen LogP contribution in [0.25, 0.3) is 0 Å². The van der Waals surface area contributed by atoms with Gasteiger partial charge in [0, 0.05) is 5.69 Å². The van der Waals surface area contributed by atoms with Gasteiger partial charge in [0.2, 0.25) is 0 Å². The van der Waals surface area contributed by atoms with Crippen molar-refractivity contribution in [3.8, 4) is 0 Å². The molecule has 0 saturated heterocycles. The number of benzene rings is 1. The van der Waals surface area contributed by atoms with Crippen molar-refractivity contribution in [3.05, 3.63) is 52.3 Å². The van der Waals surface area contributed by atoms with Crippen LogP contribution in [-0.4, -0.2) is 4.98 Å². The van der Waals surface area contributed by atoms with E-state index in [2.05, 4.69) is 22.4 Å². The van der Waals surface area contributed by atoms with E-state index in [9.17, 15) is 0 Å². The number of nitrogens with zero attached hydrogens (tertiary/aromatic N) is 1. The maximum Gasteiger partial charge on any atom is 0.132 e. The summed E-state index contributed by atoms with van der Waals surface area (Å²) in [6.07, 6.45) is 3.93. The van der Waals surface area contributed by atoms with Gasteiger partial charge >= 0.3 is 0 Å². The molecule has 1 aliphatic rings. The lowest BCUT2D eigenvalue weighted by Gasteiger charge is -2.16. The van der Waals surface area contributed by atoms with Gasteiger partial charge in [-0.2, -0.15) is 0 Å². The highest BCUT2D eigenvalue weighted by Crippen LogP contribution is 2.35. The summed E-state index contributed by atoms with van der Waals surface area (Å²) in [5.74, 6) is 0. The number of aryl methyl sites for hydroxylation is 2. The molecule has 0 amide bonds. The van der Waals surface area contributed by atoms with Gasteiger partial charge in [-0.1, -0.05) is 17.7 Å². The van der Waals surface area contributed by atoms with Crippen LogP contribution in [0.3, 0.4) is 0 Å². The number of fused-ring (bicyclic) bond motifs is 1. The van der Waals surface area contributed by atoms with E-state index in [0.717, 1.165) is 29.8 Å². The number of hydrogen-bond donors (Lipinski definition) is 2. The molecule has 0 radical (unpaired) electrons. The van der Waals surface area contributed by atoms with Crippen molar-refractivity contribution < 1.29 is 0 Å². The molecule has 0 spiro atoms. The summed E-state index contributed by atoms with van der Waals surface area (Å²) in [7, 11) is 0. The molecule has 0 aliphatic heterocycles. The molecule has 0 saturated carbocycles. The molecule has 0 fully saturated rings. The number of rotatable bonds is 2. The first-order valence-corrected chi connectivity index (χ1v) is 6.78. The highest BCUT2D eigenvalue weighted by atomic mass is 35.5. The smallest absolute Gasteiger partial charge is 0.132 e. The lowest BCUT2D eigenvalue weighted by atomic mass is 10.1. The maximum absolute atomic E-state index is 5.94. The molecule has 1 atom stereocenters. The zero-order valence-corrected chi connectivity index (χ0v) is 11.5. The normalized spacial score (nSPS) is 17.3. The topological polar surface area (TPSA) is 50.9 Å². The van der Waals surface area contributed by atoms with E-state index in [0.29, 0.717) is 11.2 Å². The van der Waals surface area contributed by atoms with Crippen LogP contribution < -0.4 is 11.1 Å². The van der Waals surface area contributed by atoms with Crippen LogP contribution in [-0.2, 0) is 6.42 Å². The third kappa shape index (κ3) is 2.38. The summed E-state index contributed by atoms with van der Waals surface area (Å²) in [4.78, 5) is 4.17. The monoisotopic (exact) mass is 273 g/mol. The van der Waals surface area contributed by atoms with Crippen molar-refractivity contribution in [1.29, 1.82) is 0 Å². The molecular formula is C15H16ClN3. The van der Waals surface area contributed by atoms with Crippen LogP contribution in [0, 0.1) is 6.92 Å². The Morgan fingerprint density at radius 2 is 2.21 bits per heavy atom. The first-order valence-electron chi connectivity index (χ1n) is 6.40. The highest BCUT2D eigenvalue weighted by molar-refractivity contribution is 6.30. The molecular weight excluding hydrogens is 258 g/mol. The second-order valence-electron chi connectivity index (χ2n) is 5.03. The number of hydrogen-bond acceptors (Lipinski definition) is 3. The standard InChI is InChI=1S/C15H16ClN3/c1-9-6-12(8-18-15(9)16)19-14-5-2-10-7-11(17)3-4-13(10)14/h3-4,6-8,14,19H,2,5,17H2,1H3. The molecule has 3 nitrogen and oxygen atoms in total. The maximum atomic E-state index is 5.94. The average Bonchev–Trinajstić information content (AvgIpc) is 2.76. The fourth-order valence-corrected chi connectivity index (χ4v) is 2.73. The van der Waals surface area contributed by atoms with E-state index >= 15 is 0 Å². The molecule has 1 unspecified atom stereocenters. The molecule has 1 heterocycles. The summed E-state index contributed by atoms with van der Waals surface area (Å²) < 4.78 is 0. The van der Waals surface area contributed by atoms with Gasteiger partial charge in [-0.05, 0) is 54.7 Å². The minimum absolute atomic E-state index is 0.331. The van der Waals surface area contributed by atoms with Gasteiger partial charge in [-0.3, -0.25) is 0 Å². The Morgan fingerprint density at radius 3 is 3.00 bits per heavy atom. The molecule has 3 rings (SSSR count). The predicted octanol–water partition coefficient (Wildman–Crippen LogP) is 3.73. The Bertz CT molecular complexity index is 625. The molecule has 1 aromatic carbocycles. The van der Waals surface area contributed by atoms with Gasteiger partial charge in [0.05, 0.1) is 17.9 Å². The lowest BCUT2D eigenvalue weighted by molar-refractivity contribution is 0.761. The molecule has 4 heteroatoms. The van der Waals surface area contributed by atoms with Crippen LogP contribution in [0.4, 0.5) is 11.4 Å². The molecule has 3 N–H and O–H groups in total. The van der Waals surface area contributed by atoms with Gasteiger partial charge in [0.25, 0.3) is 0 Å². The number of nitrogen functional groups attached to an aromatic ring is 1.